The van der Waals surface area contributed by atoms with Crippen LogP contribution < -0.4 is 5.43 Å². The molecule has 1 aliphatic heterocycles. The largest absolute Gasteiger partial charge is 0.297 e. The zero-order valence-electron chi connectivity index (χ0n) is 16.2. The number of aliphatic imine (C=N–C) groups is 1. The number of rotatable bonds is 4. The van der Waals surface area contributed by atoms with Gasteiger partial charge in [-0.1, -0.05) is 91.0 Å². The molecule has 1 amide bonds. The monoisotopic (exact) mass is 389 g/mol. The summed E-state index contributed by atoms with van der Waals surface area (Å²) in [5.74, 6) is 0.390. The fraction of sp³-hybridized carbons (Fsp3) is 0. The standard InChI is InChI=1S/C26H19N3O/c30-26-24(18-21-14-9-13-19-10-7-8-17-23(19)21)27-25(20-11-3-1-4-12-20)29(26)28-22-15-5-2-6-16-22/h1-18,28H/b24-18+. The number of benzene rings is 4. The van der Waals surface area contributed by atoms with Gasteiger partial charge in [-0.25, -0.2) is 4.99 Å². The van der Waals surface area contributed by atoms with E-state index in [2.05, 4.69) is 23.6 Å². The van der Waals surface area contributed by atoms with Crippen LogP contribution >= 0.6 is 0 Å². The van der Waals surface area contributed by atoms with Crippen molar-refractivity contribution in [2.75, 3.05) is 5.43 Å². The molecule has 1 aliphatic rings. The Balaban J connectivity index is 1.59. The van der Waals surface area contributed by atoms with Crippen molar-refractivity contribution in [1.82, 2.24) is 5.01 Å². The number of carbonyl (C=O) groups excluding carboxylic acids is 1. The summed E-state index contributed by atoms with van der Waals surface area (Å²) in [5.41, 5.74) is 6.26. The molecule has 0 saturated heterocycles. The van der Waals surface area contributed by atoms with Crippen LogP contribution in [0.3, 0.4) is 0 Å². The number of amides is 1. The second-order valence-electron chi connectivity index (χ2n) is 7.02. The van der Waals surface area contributed by atoms with Gasteiger partial charge in [0.25, 0.3) is 5.91 Å². The van der Waals surface area contributed by atoms with E-state index in [9.17, 15) is 4.79 Å². The zero-order chi connectivity index (χ0) is 20.3. The van der Waals surface area contributed by atoms with Gasteiger partial charge in [-0.05, 0) is 34.5 Å². The van der Waals surface area contributed by atoms with Crippen LogP contribution in [-0.4, -0.2) is 16.8 Å². The highest BCUT2D eigenvalue weighted by molar-refractivity contribution is 6.20. The van der Waals surface area contributed by atoms with Gasteiger partial charge >= 0.3 is 0 Å². The average molecular weight is 389 g/mol. The molecule has 0 fully saturated rings. The summed E-state index contributed by atoms with van der Waals surface area (Å²) in [6, 6.07) is 33.6. The lowest BCUT2D eigenvalue weighted by Crippen LogP contribution is -2.37. The molecule has 0 spiro atoms. The summed E-state index contributed by atoms with van der Waals surface area (Å²) >= 11 is 0. The molecule has 0 saturated carbocycles. The van der Waals surface area contributed by atoms with E-state index >= 15 is 0 Å². The van der Waals surface area contributed by atoms with E-state index in [-0.39, 0.29) is 5.91 Å². The van der Waals surface area contributed by atoms with E-state index in [0.717, 1.165) is 27.6 Å². The van der Waals surface area contributed by atoms with Crippen LogP contribution in [-0.2, 0) is 4.79 Å². The third-order valence-corrected chi connectivity index (χ3v) is 5.02. The van der Waals surface area contributed by atoms with Gasteiger partial charge in [0, 0.05) is 5.56 Å². The predicted octanol–water partition coefficient (Wildman–Crippen LogP) is 5.50. The number of anilines is 1. The Morgan fingerprint density at radius 3 is 2.20 bits per heavy atom. The van der Waals surface area contributed by atoms with Gasteiger partial charge < -0.3 is 0 Å². The number of fused-ring (bicyclic) bond motifs is 1. The van der Waals surface area contributed by atoms with E-state index in [1.807, 2.05) is 91.0 Å². The molecule has 4 heteroatoms. The van der Waals surface area contributed by atoms with Crippen LogP contribution in [0, 0.1) is 0 Å². The van der Waals surface area contributed by atoms with Crippen LogP contribution in [0.2, 0.25) is 0 Å². The Labute approximate surface area is 174 Å². The van der Waals surface area contributed by atoms with Crippen molar-refractivity contribution in [2.45, 2.75) is 0 Å². The first-order valence-electron chi connectivity index (χ1n) is 9.79. The normalized spacial score (nSPS) is 14.9. The van der Waals surface area contributed by atoms with Gasteiger partial charge in [0.1, 0.15) is 5.70 Å². The lowest BCUT2D eigenvalue weighted by atomic mass is 10.0. The first-order chi connectivity index (χ1) is 14.8. The van der Waals surface area contributed by atoms with E-state index in [1.54, 1.807) is 0 Å². The van der Waals surface area contributed by atoms with Crippen molar-refractivity contribution >= 4 is 34.3 Å². The molecule has 0 atom stereocenters. The second kappa shape index (κ2) is 7.68. The minimum absolute atomic E-state index is 0.189. The number of hydrazine groups is 1. The third-order valence-electron chi connectivity index (χ3n) is 5.02. The Kier molecular flexibility index (Phi) is 4.58. The molecule has 5 rings (SSSR count). The van der Waals surface area contributed by atoms with E-state index in [4.69, 9.17) is 4.99 Å². The number of para-hydroxylation sites is 1. The van der Waals surface area contributed by atoms with Gasteiger partial charge in [0.15, 0.2) is 5.84 Å². The topological polar surface area (TPSA) is 44.7 Å². The first kappa shape index (κ1) is 17.9. The molecule has 0 unspecified atom stereocenters. The molecule has 4 aromatic rings. The fourth-order valence-corrected chi connectivity index (χ4v) is 3.57. The lowest BCUT2D eigenvalue weighted by molar-refractivity contribution is -0.121. The maximum absolute atomic E-state index is 13.3. The van der Waals surface area contributed by atoms with Crippen molar-refractivity contribution in [3.63, 3.8) is 0 Å². The third kappa shape index (κ3) is 3.35. The van der Waals surface area contributed by atoms with Gasteiger partial charge in [0.05, 0.1) is 5.69 Å². The Morgan fingerprint density at radius 2 is 1.40 bits per heavy atom. The molecular formula is C26H19N3O. The Hall–Kier alpha value is -4.18. The lowest BCUT2D eigenvalue weighted by Gasteiger charge is -2.20. The highest BCUT2D eigenvalue weighted by Gasteiger charge is 2.31. The van der Waals surface area contributed by atoms with E-state index < -0.39 is 0 Å². The summed E-state index contributed by atoms with van der Waals surface area (Å²) in [6.45, 7) is 0. The molecule has 30 heavy (non-hydrogen) atoms. The summed E-state index contributed by atoms with van der Waals surface area (Å²) in [5, 5.41) is 3.73. The molecule has 144 valence electrons. The Bertz CT molecular complexity index is 1270. The predicted molar refractivity (Wildman–Crippen MR) is 122 cm³/mol. The zero-order valence-corrected chi connectivity index (χ0v) is 16.2. The van der Waals surface area contributed by atoms with Crippen LogP contribution in [0.5, 0.6) is 0 Å². The van der Waals surface area contributed by atoms with Crippen molar-refractivity contribution in [3.05, 3.63) is 120 Å². The van der Waals surface area contributed by atoms with Gasteiger partial charge in [-0.2, -0.15) is 5.01 Å². The maximum Gasteiger partial charge on any atom is 0.297 e. The van der Waals surface area contributed by atoms with E-state index in [0.29, 0.717) is 11.5 Å². The van der Waals surface area contributed by atoms with Crippen LogP contribution in [0.4, 0.5) is 5.69 Å². The average Bonchev–Trinajstić information content (AvgIpc) is 3.10. The highest BCUT2D eigenvalue weighted by Crippen LogP contribution is 2.26. The van der Waals surface area contributed by atoms with Crippen molar-refractivity contribution in [2.24, 2.45) is 4.99 Å². The Morgan fingerprint density at radius 1 is 0.733 bits per heavy atom. The number of hydrogen-bond acceptors (Lipinski definition) is 3. The molecule has 0 bridgehead atoms. The smallest absolute Gasteiger partial charge is 0.290 e. The second-order valence-corrected chi connectivity index (χ2v) is 7.02. The molecule has 4 aromatic carbocycles. The number of amidine groups is 1. The number of nitrogens with zero attached hydrogens (tertiary/aromatic N) is 2. The van der Waals surface area contributed by atoms with Gasteiger partial charge in [0.2, 0.25) is 0 Å². The summed E-state index contributed by atoms with van der Waals surface area (Å²) < 4.78 is 0. The van der Waals surface area contributed by atoms with Crippen LogP contribution in [0.15, 0.2) is 114 Å². The number of nitrogens with one attached hydrogen (secondary N) is 1. The number of hydrogen-bond donors (Lipinski definition) is 1. The van der Waals surface area contributed by atoms with Crippen molar-refractivity contribution < 1.29 is 4.79 Å². The quantitative estimate of drug-likeness (QED) is 0.469. The van der Waals surface area contributed by atoms with Crippen molar-refractivity contribution in [3.8, 4) is 0 Å². The van der Waals surface area contributed by atoms with Gasteiger partial charge in [-0.15, -0.1) is 0 Å². The minimum Gasteiger partial charge on any atom is -0.290 e. The fourth-order valence-electron chi connectivity index (χ4n) is 3.57. The maximum atomic E-state index is 13.3. The summed E-state index contributed by atoms with van der Waals surface area (Å²) in [7, 11) is 0. The van der Waals surface area contributed by atoms with Gasteiger partial charge in [-0.3, -0.25) is 10.2 Å². The molecule has 0 radical (unpaired) electrons. The molecular weight excluding hydrogens is 370 g/mol. The van der Waals surface area contributed by atoms with Crippen LogP contribution in [0.1, 0.15) is 11.1 Å². The van der Waals surface area contributed by atoms with Crippen molar-refractivity contribution in [1.29, 1.82) is 0 Å². The summed E-state index contributed by atoms with van der Waals surface area (Å²) in [6.07, 6.45) is 1.86. The van der Waals surface area contributed by atoms with Crippen LogP contribution in [0.25, 0.3) is 16.8 Å². The van der Waals surface area contributed by atoms with E-state index in [1.165, 1.54) is 5.01 Å². The minimum atomic E-state index is -0.189. The SMILES string of the molecule is O=C1/C(=C\c2cccc3ccccc23)N=C(c2ccccc2)N1Nc1ccccc1. The molecule has 0 aromatic heterocycles. The molecule has 4 nitrogen and oxygen atoms in total. The highest BCUT2D eigenvalue weighted by atomic mass is 16.2. The molecule has 0 aliphatic carbocycles. The summed E-state index contributed by atoms with van der Waals surface area (Å²) in [4.78, 5) is 18.0. The molecule has 1 heterocycles. The number of carbonyl (C=O) groups is 1. The first-order valence-corrected chi connectivity index (χ1v) is 9.79. The molecule has 1 N–H and O–H groups in total.